The highest BCUT2D eigenvalue weighted by Crippen LogP contribution is 2.14. The Balaban J connectivity index is 3.22. The van der Waals surface area contributed by atoms with Crippen LogP contribution in [-0.2, 0) is 0 Å². The van der Waals surface area contributed by atoms with Crippen molar-refractivity contribution in [3.05, 3.63) is 0 Å². The minimum atomic E-state index is -0.103. The zero-order chi connectivity index (χ0) is 14.3. The molecule has 2 N–H and O–H groups in total. The van der Waals surface area contributed by atoms with Crippen LogP contribution in [-0.4, -0.2) is 22.4 Å². The summed E-state index contributed by atoms with van der Waals surface area (Å²) in [4.78, 5) is 0. The highest BCUT2D eigenvalue weighted by Gasteiger charge is 2.05. The van der Waals surface area contributed by atoms with Gasteiger partial charge in [-0.2, -0.15) is 0 Å². The predicted octanol–water partition coefficient (Wildman–Crippen LogP) is 4.82. The molecule has 0 aliphatic rings. The molecule has 0 aliphatic heterocycles. The Bertz CT molecular complexity index is 171. The van der Waals surface area contributed by atoms with Crippen molar-refractivity contribution in [1.82, 2.24) is 0 Å². The molecule has 0 saturated heterocycles. The second kappa shape index (κ2) is 14.3. The molecule has 0 aliphatic carbocycles. The average Bonchev–Trinajstić information content (AvgIpc) is 2.38. The third kappa shape index (κ3) is 14.1. The highest BCUT2D eigenvalue weighted by molar-refractivity contribution is 4.59. The topological polar surface area (TPSA) is 40.5 Å². The lowest BCUT2D eigenvalue weighted by Gasteiger charge is -2.11. The van der Waals surface area contributed by atoms with Gasteiger partial charge in [-0.25, -0.2) is 0 Å². The smallest absolute Gasteiger partial charge is 0.0540 e. The number of hydrogen-bond donors (Lipinski definition) is 2. The maximum Gasteiger partial charge on any atom is 0.0540 e. The number of hydrogen-bond acceptors (Lipinski definition) is 2. The molecule has 0 rings (SSSR count). The van der Waals surface area contributed by atoms with E-state index in [-0.39, 0.29) is 12.2 Å². The van der Waals surface area contributed by atoms with E-state index in [0.29, 0.717) is 0 Å². The van der Waals surface area contributed by atoms with Crippen LogP contribution in [0.1, 0.15) is 97.3 Å². The molecule has 0 radical (unpaired) electrons. The van der Waals surface area contributed by atoms with E-state index in [1.165, 1.54) is 32.1 Å². The van der Waals surface area contributed by atoms with Gasteiger partial charge in [-0.15, -0.1) is 0 Å². The molecule has 19 heavy (non-hydrogen) atoms. The van der Waals surface area contributed by atoms with Crippen LogP contribution < -0.4 is 0 Å². The monoisotopic (exact) mass is 272 g/mol. The van der Waals surface area contributed by atoms with Crippen LogP contribution in [0.4, 0.5) is 0 Å². The summed E-state index contributed by atoms with van der Waals surface area (Å²) >= 11 is 0. The molecule has 2 atom stereocenters. The van der Waals surface area contributed by atoms with Gasteiger partial charge in [0.15, 0.2) is 0 Å². The Hall–Kier alpha value is -0.0800. The van der Waals surface area contributed by atoms with E-state index >= 15 is 0 Å². The van der Waals surface area contributed by atoms with Gasteiger partial charge in [0.25, 0.3) is 0 Å². The molecule has 0 saturated carbocycles. The normalized spacial score (nSPS) is 14.5. The first-order valence-electron chi connectivity index (χ1n) is 8.56. The molecular formula is C17H36O2. The van der Waals surface area contributed by atoms with Gasteiger partial charge >= 0.3 is 0 Å². The summed E-state index contributed by atoms with van der Waals surface area (Å²) in [5.41, 5.74) is 0. The Labute approximate surface area is 120 Å². The highest BCUT2D eigenvalue weighted by atomic mass is 16.3. The molecule has 2 nitrogen and oxygen atoms in total. The van der Waals surface area contributed by atoms with Crippen molar-refractivity contribution in [2.75, 3.05) is 0 Å². The molecule has 0 fully saturated rings. The number of aliphatic hydroxyl groups is 2. The van der Waals surface area contributed by atoms with E-state index in [9.17, 15) is 10.2 Å². The first-order chi connectivity index (χ1) is 9.20. The molecule has 0 heterocycles. The van der Waals surface area contributed by atoms with Gasteiger partial charge in [0.1, 0.15) is 0 Å². The second-order valence-electron chi connectivity index (χ2n) is 5.94. The Morgan fingerprint density at radius 2 is 0.947 bits per heavy atom. The van der Waals surface area contributed by atoms with Gasteiger partial charge in [0.2, 0.25) is 0 Å². The quantitative estimate of drug-likeness (QED) is 0.445. The SMILES string of the molecule is CCCCCCCC(O)CCCCCC(O)CCC. The summed E-state index contributed by atoms with van der Waals surface area (Å²) in [6.45, 7) is 4.34. The molecule has 0 bridgehead atoms. The van der Waals surface area contributed by atoms with Gasteiger partial charge in [0, 0.05) is 0 Å². The fourth-order valence-corrected chi connectivity index (χ4v) is 2.54. The zero-order valence-electron chi connectivity index (χ0n) is 13.2. The Morgan fingerprint density at radius 1 is 0.526 bits per heavy atom. The predicted molar refractivity (Wildman–Crippen MR) is 83.4 cm³/mol. The Kier molecular flexibility index (Phi) is 14.3. The Morgan fingerprint density at radius 3 is 1.42 bits per heavy atom. The second-order valence-corrected chi connectivity index (χ2v) is 5.94. The average molecular weight is 272 g/mol. The van der Waals surface area contributed by atoms with Crippen molar-refractivity contribution >= 4 is 0 Å². The van der Waals surface area contributed by atoms with Crippen LogP contribution >= 0.6 is 0 Å². The summed E-state index contributed by atoms with van der Waals surface area (Å²) in [5, 5.41) is 19.4. The van der Waals surface area contributed by atoms with Crippen molar-refractivity contribution in [2.45, 2.75) is 110 Å². The summed E-state index contributed by atoms with van der Waals surface area (Å²) in [5.74, 6) is 0. The van der Waals surface area contributed by atoms with Gasteiger partial charge in [-0.1, -0.05) is 71.6 Å². The lowest BCUT2D eigenvalue weighted by Crippen LogP contribution is -2.07. The standard InChI is InChI=1S/C17H36O2/c1-3-5-6-7-9-14-17(19)15-11-8-10-13-16(18)12-4-2/h16-19H,3-15H2,1-2H3. The van der Waals surface area contributed by atoms with E-state index < -0.39 is 0 Å². The van der Waals surface area contributed by atoms with E-state index in [1.54, 1.807) is 0 Å². The molecule has 116 valence electrons. The summed E-state index contributed by atoms with van der Waals surface area (Å²) in [7, 11) is 0. The summed E-state index contributed by atoms with van der Waals surface area (Å²) in [6, 6.07) is 0. The van der Waals surface area contributed by atoms with Crippen LogP contribution in [0.5, 0.6) is 0 Å². The lowest BCUT2D eigenvalue weighted by molar-refractivity contribution is 0.140. The molecular weight excluding hydrogens is 236 g/mol. The molecule has 0 spiro atoms. The minimum absolute atomic E-state index is 0.0952. The van der Waals surface area contributed by atoms with Crippen molar-refractivity contribution in [3.8, 4) is 0 Å². The van der Waals surface area contributed by atoms with Crippen LogP contribution in [0.2, 0.25) is 0 Å². The fourth-order valence-electron chi connectivity index (χ4n) is 2.54. The van der Waals surface area contributed by atoms with Gasteiger partial charge in [-0.05, 0) is 25.7 Å². The third-order valence-corrected chi connectivity index (χ3v) is 3.84. The van der Waals surface area contributed by atoms with E-state index in [2.05, 4.69) is 13.8 Å². The van der Waals surface area contributed by atoms with Crippen molar-refractivity contribution in [3.63, 3.8) is 0 Å². The van der Waals surface area contributed by atoms with Crippen molar-refractivity contribution in [1.29, 1.82) is 0 Å². The number of rotatable bonds is 14. The van der Waals surface area contributed by atoms with Crippen molar-refractivity contribution in [2.24, 2.45) is 0 Å². The molecule has 0 aromatic heterocycles. The van der Waals surface area contributed by atoms with Crippen LogP contribution in [0, 0.1) is 0 Å². The first kappa shape index (κ1) is 18.9. The van der Waals surface area contributed by atoms with Gasteiger partial charge in [-0.3, -0.25) is 0 Å². The lowest BCUT2D eigenvalue weighted by atomic mass is 10.0. The molecule has 2 heteroatoms. The number of unbranched alkanes of at least 4 members (excludes halogenated alkanes) is 6. The van der Waals surface area contributed by atoms with Crippen LogP contribution in [0.25, 0.3) is 0 Å². The molecule has 0 amide bonds. The summed E-state index contributed by atoms with van der Waals surface area (Å²) in [6.07, 6.45) is 14.4. The van der Waals surface area contributed by atoms with E-state index in [4.69, 9.17) is 0 Å². The number of aliphatic hydroxyl groups excluding tert-OH is 2. The van der Waals surface area contributed by atoms with Crippen LogP contribution in [0.15, 0.2) is 0 Å². The zero-order valence-corrected chi connectivity index (χ0v) is 13.2. The first-order valence-corrected chi connectivity index (χ1v) is 8.56. The van der Waals surface area contributed by atoms with Crippen LogP contribution in [0.3, 0.4) is 0 Å². The van der Waals surface area contributed by atoms with Crippen molar-refractivity contribution < 1.29 is 10.2 Å². The van der Waals surface area contributed by atoms with Gasteiger partial charge < -0.3 is 10.2 Å². The maximum absolute atomic E-state index is 9.85. The molecule has 0 aromatic rings. The van der Waals surface area contributed by atoms with Gasteiger partial charge in [0.05, 0.1) is 12.2 Å². The molecule has 2 unspecified atom stereocenters. The van der Waals surface area contributed by atoms with E-state index in [0.717, 1.165) is 51.4 Å². The minimum Gasteiger partial charge on any atom is -0.393 e. The third-order valence-electron chi connectivity index (χ3n) is 3.84. The van der Waals surface area contributed by atoms with E-state index in [1.807, 2.05) is 0 Å². The maximum atomic E-state index is 9.85. The molecule has 0 aromatic carbocycles. The fraction of sp³-hybridized carbons (Fsp3) is 1.00. The summed E-state index contributed by atoms with van der Waals surface area (Å²) < 4.78 is 0. The largest absolute Gasteiger partial charge is 0.393 e.